The Kier molecular flexibility index (Phi) is 5.44. The Hall–Kier alpha value is -2.98. The summed E-state index contributed by atoms with van der Waals surface area (Å²) in [5.74, 6) is -0.543. The van der Waals surface area contributed by atoms with Gasteiger partial charge in [-0.1, -0.05) is 12.1 Å². The molecule has 2 aliphatic rings. The number of para-hydroxylation sites is 1. The molecule has 5 nitrogen and oxygen atoms in total. The molecule has 2 fully saturated rings. The number of alkyl halides is 1. The molecule has 156 valence electrons. The van der Waals surface area contributed by atoms with Crippen molar-refractivity contribution in [2.75, 3.05) is 33.4 Å². The molecule has 0 atom stereocenters. The van der Waals surface area contributed by atoms with Crippen LogP contribution in [0.2, 0.25) is 0 Å². The van der Waals surface area contributed by atoms with E-state index < -0.39 is 11.5 Å². The lowest BCUT2D eigenvalue weighted by molar-refractivity contribution is -0.0127. The largest absolute Gasteiger partial charge is 0.495 e. The number of halogens is 2. The normalized spacial score (nSPS) is 18.4. The number of hydrogen-bond donors (Lipinski definition) is 0. The van der Waals surface area contributed by atoms with Crippen molar-refractivity contribution < 1.29 is 23.0 Å². The second-order valence-electron chi connectivity index (χ2n) is 7.71. The SMILES string of the molecule is COc1c(C#N)cccc1C(=O)N1CC(c2ccc(F)cc2C2(F)CCOCC2)C1. The predicted molar refractivity (Wildman–Crippen MR) is 106 cm³/mol. The van der Waals surface area contributed by atoms with Crippen LogP contribution in [0.15, 0.2) is 36.4 Å². The number of benzene rings is 2. The fraction of sp³-hybridized carbons (Fsp3) is 0.391. The monoisotopic (exact) mass is 412 g/mol. The van der Waals surface area contributed by atoms with E-state index in [0.29, 0.717) is 43.0 Å². The Labute approximate surface area is 173 Å². The molecule has 2 aromatic carbocycles. The first-order valence-electron chi connectivity index (χ1n) is 9.90. The summed E-state index contributed by atoms with van der Waals surface area (Å²) in [6.45, 7) is 1.39. The van der Waals surface area contributed by atoms with Crippen LogP contribution in [0, 0.1) is 17.1 Å². The van der Waals surface area contributed by atoms with Crippen LogP contribution in [-0.2, 0) is 10.4 Å². The number of carbonyl (C=O) groups excluding carboxylic acids is 1. The van der Waals surface area contributed by atoms with Gasteiger partial charge in [0, 0.05) is 45.1 Å². The lowest BCUT2D eigenvalue weighted by Gasteiger charge is -2.42. The van der Waals surface area contributed by atoms with Crippen LogP contribution in [0.3, 0.4) is 0 Å². The zero-order valence-corrected chi connectivity index (χ0v) is 16.7. The number of nitrogens with zero attached hydrogens (tertiary/aromatic N) is 2. The summed E-state index contributed by atoms with van der Waals surface area (Å²) >= 11 is 0. The summed E-state index contributed by atoms with van der Waals surface area (Å²) in [4.78, 5) is 14.6. The van der Waals surface area contributed by atoms with Crippen molar-refractivity contribution in [3.63, 3.8) is 0 Å². The van der Waals surface area contributed by atoms with Crippen LogP contribution in [0.1, 0.15) is 45.8 Å². The van der Waals surface area contributed by atoms with Crippen molar-refractivity contribution in [2.24, 2.45) is 0 Å². The molecule has 0 radical (unpaired) electrons. The molecule has 0 spiro atoms. The van der Waals surface area contributed by atoms with Crippen LogP contribution >= 0.6 is 0 Å². The predicted octanol–water partition coefficient (Wildman–Crippen LogP) is 3.92. The molecule has 0 N–H and O–H groups in total. The van der Waals surface area contributed by atoms with Gasteiger partial charge in [-0.15, -0.1) is 0 Å². The van der Waals surface area contributed by atoms with E-state index in [1.165, 1.54) is 19.2 Å². The number of carbonyl (C=O) groups is 1. The van der Waals surface area contributed by atoms with Gasteiger partial charge in [-0.05, 0) is 35.4 Å². The van der Waals surface area contributed by atoms with E-state index in [4.69, 9.17) is 9.47 Å². The van der Waals surface area contributed by atoms with Crippen LogP contribution in [0.25, 0.3) is 0 Å². The molecule has 2 aromatic rings. The van der Waals surface area contributed by atoms with Crippen molar-refractivity contribution in [2.45, 2.75) is 24.4 Å². The van der Waals surface area contributed by atoms with Gasteiger partial charge in [0.15, 0.2) is 0 Å². The zero-order chi connectivity index (χ0) is 21.3. The number of nitriles is 1. The molecule has 30 heavy (non-hydrogen) atoms. The number of methoxy groups -OCH3 is 1. The van der Waals surface area contributed by atoms with Crippen molar-refractivity contribution in [3.8, 4) is 11.8 Å². The van der Waals surface area contributed by atoms with Gasteiger partial charge >= 0.3 is 0 Å². The molecule has 4 rings (SSSR count). The summed E-state index contributed by atoms with van der Waals surface area (Å²) in [5.41, 5.74) is 0.0974. The van der Waals surface area contributed by atoms with Gasteiger partial charge in [-0.25, -0.2) is 8.78 Å². The Morgan fingerprint density at radius 3 is 2.67 bits per heavy atom. The van der Waals surface area contributed by atoms with Crippen LogP contribution in [-0.4, -0.2) is 44.2 Å². The molecule has 2 heterocycles. The Balaban J connectivity index is 1.56. The third-order valence-corrected chi connectivity index (χ3v) is 5.96. The molecule has 2 saturated heterocycles. The lowest BCUT2D eigenvalue weighted by atomic mass is 9.79. The highest BCUT2D eigenvalue weighted by Crippen LogP contribution is 2.42. The fourth-order valence-electron chi connectivity index (χ4n) is 4.26. The van der Waals surface area contributed by atoms with Crippen molar-refractivity contribution in [1.29, 1.82) is 5.26 Å². The highest BCUT2D eigenvalue weighted by atomic mass is 19.1. The number of rotatable bonds is 4. The Bertz CT molecular complexity index is 1010. The van der Waals surface area contributed by atoms with Gasteiger partial charge in [0.1, 0.15) is 23.3 Å². The molecular formula is C23H22F2N2O3. The van der Waals surface area contributed by atoms with Gasteiger partial charge < -0.3 is 14.4 Å². The number of amides is 1. The topological polar surface area (TPSA) is 62.6 Å². The van der Waals surface area contributed by atoms with Crippen molar-refractivity contribution in [3.05, 3.63) is 64.5 Å². The molecule has 0 aliphatic carbocycles. The quantitative estimate of drug-likeness (QED) is 0.764. The van der Waals surface area contributed by atoms with Gasteiger partial charge in [-0.2, -0.15) is 5.26 Å². The maximum absolute atomic E-state index is 15.6. The number of hydrogen-bond acceptors (Lipinski definition) is 4. The van der Waals surface area contributed by atoms with Crippen LogP contribution < -0.4 is 4.74 Å². The maximum Gasteiger partial charge on any atom is 0.257 e. The van der Waals surface area contributed by atoms with Crippen molar-refractivity contribution in [1.82, 2.24) is 4.90 Å². The van der Waals surface area contributed by atoms with Crippen LogP contribution in [0.5, 0.6) is 5.75 Å². The minimum atomic E-state index is -1.62. The minimum Gasteiger partial charge on any atom is -0.495 e. The van der Waals surface area contributed by atoms with Crippen molar-refractivity contribution >= 4 is 5.91 Å². The number of likely N-dealkylation sites (tertiary alicyclic amines) is 1. The van der Waals surface area contributed by atoms with Gasteiger partial charge in [0.2, 0.25) is 0 Å². The summed E-state index contributed by atoms with van der Waals surface area (Å²) < 4.78 is 40.1. The van der Waals surface area contributed by atoms with E-state index in [-0.39, 0.29) is 30.4 Å². The van der Waals surface area contributed by atoms with E-state index in [9.17, 15) is 14.4 Å². The molecule has 0 saturated carbocycles. The van der Waals surface area contributed by atoms with Gasteiger partial charge in [0.05, 0.1) is 18.2 Å². The summed E-state index contributed by atoms with van der Waals surface area (Å²) in [6, 6.07) is 11.1. The Morgan fingerprint density at radius 2 is 2.00 bits per heavy atom. The van der Waals surface area contributed by atoms with E-state index in [2.05, 4.69) is 0 Å². The van der Waals surface area contributed by atoms with E-state index in [0.717, 1.165) is 5.56 Å². The minimum absolute atomic E-state index is 0.0786. The standard InChI is InChI=1S/C23H22F2N2O3/c1-29-21-15(12-26)3-2-4-19(21)22(28)27-13-16(14-27)18-6-5-17(24)11-20(18)23(25)7-9-30-10-8-23/h2-6,11,16H,7-10,13-14H2,1H3. The highest BCUT2D eigenvalue weighted by molar-refractivity contribution is 5.98. The fourth-order valence-corrected chi connectivity index (χ4v) is 4.26. The third kappa shape index (κ3) is 3.52. The Morgan fingerprint density at radius 1 is 1.27 bits per heavy atom. The molecule has 7 heteroatoms. The first-order valence-corrected chi connectivity index (χ1v) is 9.90. The summed E-state index contributed by atoms with van der Waals surface area (Å²) in [5, 5.41) is 9.23. The van der Waals surface area contributed by atoms with Crippen LogP contribution in [0.4, 0.5) is 8.78 Å². The summed E-state index contributed by atoms with van der Waals surface area (Å²) in [7, 11) is 1.42. The average Bonchev–Trinajstić information content (AvgIpc) is 2.73. The van der Waals surface area contributed by atoms with Gasteiger partial charge in [-0.3, -0.25) is 4.79 Å². The maximum atomic E-state index is 15.6. The average molecular weight is 412 g/mol. The second-order valence-corrected chi connectivity index (χ2v) is 7.71. The molecule has 0 bridgehead atoms. The molecule has 2 aliphatic heterocycles. The first-order chi connectivity index (χ1) is 14.5. The molecule has 0 unspecified atom stereocenters. The first kappa shape index (κ1) is 20.3. The summed E-state index contributed by atoms with van der Waals surface area (Å²) in [6.07, 6.45) is 0.383. The molecule has 1 amide bonds. The van der Waals surface area contributed by atoms with E-state index in [1.807, 2.05) is 6.07 Å². The third-order valence-electron chi connectivity index (χ3n) is 5.96. The molecule has 0 aromatic heterocycles. The lowest BCUT2D eigenvalue weighted by Crippen LogP contribution is -2.49. The zero-order valence-electron chi connectivity index (χ0n) is 16.7. The van der Waals surface area contributed by atoms with E-state index >= 15 is 4.39 Å². The highest BCUT2D eigenvalue weighted by Gasteiger charge is 2.41. The van der Waals surface area contributed by atoms with Gasteiger partial charge in [0.25, 0.3) is 5.91 Å². The second kappa shape index (κ2) is 8.04. The smallest absolute Gasteiger partial charge is 0.257 e. The molecular weight excluding hydrogens is 390 g/mol. The number of ether oxygens (including phenoxy) is 2. The van der Waals surface area contributed by atoms with E-state index in [1.54, 1.807) is 29.2 Å².